The Hall–Kier alpha value is -1.67. The fourth-order valence-electron chi connectivity index (χ4n) is 3.96. The molecule has 0 saturated carbocycles. The molecule has 0 unspecified atom stereocenters. The quantitative estimate of drug-likeness (QED) is 0.534. The number of nitrogens with zero attached hydrogens (tertiary/aromatic N) is 5. The van der Waals surface area contributed by atoms with E-state index in [0.717, 1.165) is 57.2 Å². The molecule has 1 aliphatic heterocycles. The van der Waals surface area contributed by atoms with Crippen LogP contribution in [0.15, 0.2) is 10.4 Å². The Morgan fingerprint density at radius 1 is 1.21 bits per heavy atom. The van der Waals surface area contributed by atoms with E-state index in [9.17, 15) is 0 Å². The molecule has 0 amide bonds. The topological polar surface area (TPSA) is 56.7 Å². The van der Waals surface area contributed by atoms with Gasteiger partial charge in [-0.2, -0.15) is 0 Å². The maximum atomic E-state index is 4.88. The standard InChI is InChI=1S/C21H32N6S2/c1-3-22-20(26(2)14-19-25-17-8-4-5-9-18(17)29-19)23-11-10-16-15-28-21(24-16)27-12-6-7-13-27/h15H,3-14H2,1-2H3,(H,22,23). The summed E-state index contributed by atoms with van der Waals surface area (Å²) in [4.78, 5) is 20.7. The monoisotopic (exact) mass is 432 g/mol. The molecule has 0 aromatic carbocycles. The van der Waals surface area contributed by atoms with Gasteiger partial charge in [0.15, 0.2) is 11.1 Å². The lowest BCUT2D eigenvalue weighted by atomic mass is 10.0. The lowest BCUT2D eigenvalue weighted by Gasteiger charge is -2.20. The molecular formula is C21H32N6S2. The minimum absolute atomic E-state index is 0.754. The number of guanidine groups is 1. The number of aliphatic imine (C=N–C) groups is 1. The molecule has 2 aromatic heterocycles. The first-order valence-electron chi connectivity index (χ1n) is 10.9. The zero-order chi connectivity index (χ0) is 20.1. The van der Waals surface area contributed by atoms with Gasteiger partial charge in [-0.3, -0.25) is 4.99 Å². The second-order valence-electron chi connectivity index (χ2n) is 7.84. The predicted octanol–water partition coefficient (Wildman–Crippen LogP) is 3.72. The van der Waals surface area contributed by atoms with Crippen LogP contribution in [0.25, 0.3) is 0 Å². The lowest BCUT2D eigenvalue weighted by Crippen LogP contribution is -2.38. The van der Waals surface area contributed by atoms with E-state index >= 15 is 0 Å². The number of aryl methyl sites for hydroxylation is 2. The molecule has 6 nitrogen and oxygen atoms in total. The minimum atomic E-state index is 0.754. The smallest absolute Gasteiger partial charge is 0.194 e. The van der Waals surface area contributed by atoms with Gasteiger partial charge in [-0.05, 0) is 45.4 Å². The number of anilines is 1. The van der Waals surface area contributed by atoms with Crippen molar-refractivity contribution in [3.05, 3.63) is 26.7 Å². The molecule has 158 valence electrons. The molecule has 0 atom stereocenters. The molecule has 8 heteroatoms. The van der Waals surface area contributed by atoms with Crippen molar-refractivity contribution in [2.45, 2.75) is 58.4 Å². The van der Waals surface area contributed by atoms with Crippen molar-refractivity contribution in [3.8, 4) is 0 Å². The summed E-state index contributed by atoms with van der Waals surface area (Å²) in [5.41, 5.74) is 2.50. The first-order valence-corrected chi connectivity index (χ1v) is 12.6. The van der Waals surface area contributed by atoms with Crippen molar-refractivity contribution >= 4 is 33.8 Å². The highest BCUT2D eigenvalue weighted by atomic mass is 32.1. The zero-order valence-electron chi connectivity index (χ0n) is 17.6. The molecule has 3 heterocycles. The third-order valence-electron chi connectivity index (χ3n) is 5.50. The van der Waals surface area contributed by atoms with Gasteiger partial charge < -0.3 is 15.1 Å². The minimum Gasteiger partial charge on any atom is -0.357 e. The normalized spacial score (nSPS) is 16.9. The van der Waals surface area contributed by atoms with Crippen molar-refractivity contribution in [2.24, 2.45) is 4.99 Å². The van der Waals surface area contributed by atoms with Crippen molar-refractivity contribution in [1.29, 1.82) is 0 Å². The molecule has 2 aromatic rings. The van der Waals surface area contributed by atoms with E-state index in [-0.39, 0.29) is 0 Å². The first-order chi connectivity index (χ1) is 14.2. The maximum Gasteiger partial charge on any atom is 0.194 e. The number of hydrogen-bond acceptors (Lipinski definition) is 6. The van der Waals surface area contributed by atoms with Gasteiger partial charge in [-0.25, -0.2) is 9.97 Å². The number of hydrogen-bond donors (Lipinski definition) is 1. The lowest BCUT2D eigenvalue weighted by molar-refractivity contribution is 0.475. The Morgan fingerprint density at radius 2 is 2.03 bits per heavy atom. The summed E-state index contributed by atoms with van der Waals surface area (Å²) in [7, 11) is 2.11. The summed E-state index contributed by atoms with van der Waals surface area (Å²) in [6.07, 6.45) is 8.42. The van der Waals surface area contributed by atoms with Gasteiger partial charge >= 0.3 is 0 Å². The van der Waals surface area contributed by atoms with Crippen molar-refractivity contribution in [3.63, 3.8) is 0 Å². The van der Waals surface area contributed by atoms with Crippen molar-refractivity contribution in [1.82, 2.24) is 20.2 Å². The highest BCUT2D eigenvalue weighted by molar-refractivity contribution is 7.13. The van der Waals surface area contributed by atoms with Crippen LogP contribution < -0.4 is 10.2 Å². The summed E-state index contributed by atoms with van der Waals surface area (Å²) in [5, 5.41) is 8.01. The number of rotatable bonds is 7. The Kier molecular flexibility index (Phi) is 7.02. The van der Waals surface area contributed by atoms with Crippen LogP contribution >= 0.6 is 22.7 Å². The maximum absolute atomic E-state index is 4.88. The molecule has 0 bridgehead atoms. The van der Waals surface area contributed by atoms with Crippen LogP contribution in [-0.2, 0) is 25.8 Å². The number of thiazole rings is 2. The van der Waals surface area contributed by atoms with E-state index in [4.69, 9.17) is 15.0 Å². The van der Waals surface area contributed by atoms with Crippen LogP contribution in [0.1, 0.15) is 53.9 Å². The molecule has 4 rings (SSSR count). The van der Waals surface area contributed by atoms with Crippen LogP contribution in [0.3, 0.4) is 0 Å². The van der Waals surface area contributed by atoms with E-state index < -0.39 is 0 Å². The largest absolute Gasteiger partial charge is 0.357 e. The first kappa shape index (κ1) is 20.6. The summed E-state index contributed by atoms with van der Waals surface area (Å²) >= 11 is 3.66. The van der Waals surface area contributed by atoms with Crippen molar-refractivity contribution < 1.29 is 0 Å². The van der Waals surface area contributed by atoms with Gasteiger partial charge in [0, 0.05) is 49.9 Å². The molecule has 1 N–H and O–H groups in total. The summed E-state index contributed by atoms with van der Waals surface area (Å²) in [6, 6.07) is 0. The molecule has 2 aliphatic rings. The van der Waals surface area contributed by atoms with Gasteiger partial charge in [0.25, 0.3) is 0 Å². The van der Waals surface area contributed by atoms with E-state index in [1.807, 2.05) is 11.3 Å². The zero-order valence-corrected chi connectivity index (χ0v) is 19.2. The predicted molar refractivity (Wildman–Crippen MR) is 123 cm³/mol. The summed E-state index contributed by atoms with van der Waals surface area (Å²) in [6.45, 7) is 6.87. The Morgan fingerprint density at radius 3 is 2.83 bits per heavy atom. The van der Waals surface area contributed by atoms with Gasteiger partial charge in [0.1, 0.15) is 5.01 Å². The third-order valence-corrected chi connectivity index (χ3v) is 7.60. The average Bonchev–Trinajstić information content (AvgIpc) is 3.46. The number of fused-ring (bicyclic) bond motifs is 1. The molecule has 1 aliphatic carbocycles. The Bertz CT molecular complexity index is 798. The van der Waals surface area contributed by atoms with E-state index in [1.165, 1.54) is 52.8 Å². The second kappa shape index (κ2) is 9.89. The van der Waals surface area contributed by atoms with Crippen LogP contribution in [0, 0.1) is 0 Å². The van der Waals surface area contributed by atoms with E-state index in [1.54, 1.807) is 11.3 Å². The SMILES string of the molecule is CCNC(=NCCc1csc(N2CCCC2)n1)N(C)Cc1nc2c(s1)CCCC2. The summed E-state index contributed by atoms with van der Waals surface area (Å²) in [5.74, 6) is 0.954. The third kappa shape index (κ3) is 5.28. The molecule has 29 heavy (non-hydrogen) atoms. The van der Waals surface area contributed by atoms with Crippen LogP contribution in [-0.4, -0.2) is 54.1 Å². The number of aromatic nitrogens is 2. The second-order valence-corrected chi connectivity index (χ2v) is 9.85. The highest BCUT2D eigenvalue weighted by Gasteiger charge is 2.17. The van der Waals surface area contributed by atoms with Gasteiger partial charge in [0.05, 0.1) is 17.9 Å². The van der Waals surface area contributed by atoms with Gasteiger partial charge in [0.2, 0.25) is 0 Å². The average molecular weight is 433 g/mol. The van der Waals surface area contributed by atoms with Crippen LogP contribution in [0.2, 0.25) is 0 Å². The van der Waals surface area contributed by atoms with Gasteiger partial charge in [-0.1, -0.05) is 0 Å². The molecule has 1 fully saturated rings. The summed E-state index contributed by atoms with van der Waals surface area (Å²) < 4.78 is 0. The Labute approximate surface area is 182 Å². The molecule has 1 saturated heterocycles. The van der Waals surface area contributed by atoms with Crippen LogP contribution in [0.5, 0.6) is 0 Å². The molecular weight excluding hydrogens is 400 g/mol. The highest BCUT2D eigenvalue weighted by Crippen LogP contribution is 2.27. The van der Waals surface area contributed by atoms with E-state index in [0.29, 0.717) is 0 Å². The molecule has 0 spiro atoms. The Balaban J connectivity index is 1.33. The van der Waals surface area contributed by atoms with E-state index in [2.05, 4.69) is 34.5 Å². The fraction of sp³-hybridized carbons (Fsp3) is 0.667. The molecule has 0 radical (unpaired) electrons. The van der Waals surface area contributed by atoms with Crippen LogP contribution in [0.4, 0.5) is 5.13 Å². The number of nitrogens with one attached hydrogen (secondary N) is 1. The van der Waals surface area contributed by atoms with Gasteiger partial charge in [-0.15, -0.1) is 22.7 Å². The fourth-order valence-corrected chi connectivity index (χ4v) is 6.09. The van der Waals surface area contributed by atoms with Crippen molar-refractivity contribution in [2.75, 3.05) is 38.1 Å².